The Morgan fingerprint density at radius 2 is 1.91 bits per heavy atom. The molecule has 1 aliphatic heterocycles. The van der Waals surface area contributed by atoms with Crippen LogP contribution < -0.4 is 19.6 Å². The third kappa shape index (κ3) is 5.18. The first-order valence-corrected chi connectivity index (χ1v) is 13.0. The molecule has 2 heterocycles. The number of carbonyl (C=O) groups is 1. The number of allylic oxidation sites excluding steroid dienone is 1. The highest BCUT2D eigenvalue weighted by Crippen LogP contribution is 2.31. The van der Waals surface area contributed by atoms with Crippen LogP contribution in [0.3, 0.4) is 0 Å². The molecule has 0 spiro atoms. The Bertz CT molecular complexity index is 1480. The van der Waals surface area contributed by atoms with Crippen LogP contribution in [0, 0.1) is 6.92 Å². The molecule has 0 fully saturated rings. The van der Waals surface area contributed by atoms with Gasteiger partial charge in [0, 0.05) is 10.0 Å². The minimum absolute atomic E-state index is 0.0131. The van der Waals surface area contributed by atoms with Gasteiger partial charge in [-0.3, -0.25) is 9.36 Å². The number of ether oxygens (including phenoxy) is 2. The van der Waals surface area contributed by atoms with Crippen molar-refractivity contribution < 1.29 is 14.3 Å². The van der Waals surface area contributed by atoms with Crippen molar-refractivity contribution in [1.29, 1.82) is 0 Å². The molecule has 0 amide bonds. The third-order valence-corrected chi connectivity index (χ3v) is 7.01. The molecule has 0 N–H and O–H groups in total. The van der Waals surface area contributed by atoms with Crippen LogP contribution in [-0.4, -0.2) is 23.2 Å². The third-order valence-electron chi connectivity index (χ3n) is 5.53. The molecule has 0 bridgehead atoms. The molecule has 182 valence electrons. The first-order valence-electron chi connectivity index (χ1n) is 11.4. The van der Waals surface area contributed by atoms with E-state index in [1.165, 1.54) is 11.3 Å². The Morgan fingerprint density at radius 1 is 1.20 bits per heavy atom. The van der Waals surface area contributed by atoms with E-state index in [0.717, 1.165) is 21.2 Å². The van der Waals surface area contributed by atoms with Crippen LogP contribution in [0.5, 0.6) is 5.75 Å². The SMILES string of the molecule is CCOC(=O)C1=C(C)N=c2s/c(=C\c3cc(Br)ccc3OC(C)C)c(=O)n2[C@@H]1c1ccc(C)cc1. The Kier molecular flexibility index (Phi) is 7.42. The van der Waals surface area contributed by atoms with Crippen LogP contribution >= 0.6 is 27.3 Å². The number of aryl methyl sites for hydroxylation is 1. The standard InChI is InChI=1S/C27H27BrN2O4S/c1-6-33-26(32)23-17(5)29-27-30(24(23)18-9-7-16(4)8-10-18)25(31)22(35-27)14-19-13-20(28)11-12-21(19)34-15(2)3/h7-15,24H,6H2,1-5H3/b22-14-/t24-/m1/s1. The van der Waals surface area contributed by atoms with E-state index in [1.807, 2.05) is 69.3 Å². The lowest BCUT2D eigenvalue weighted by molar-refractivity contribution is -0.139. The highest BCUT2D eigenvalue weighted by molar-refractivity contribution is 9.10. The number of nitrogens with zero attached hydrogens (tertiary/aromatic N) is 2. The molecule has 0 radical (unpaired) electrons. The van der Waals surface area contributed by atoms with E-state index in [1.54, 1.807) is 18.4 Å². The molecule has 2 aromatic carbocycles. The molecule has 0 aliphatic carbocycles. The van der Waals surface area contributed by atoms with Gasteiger partial charge < -0.3 is 9.47 Å². The lowest BCUT2D eigenvalue weighted by atomic mass is 9.95. The number of aromatic nitrogens is 1. The fourth-order valence-corrected chi connectivity index (χ4v) is 5.41. The van der Waals surface area contributed by atoms with Crippen molar-refractivity contribution in [3.8, 4) is 5.75 Å². The highest BCUT2D eigenvalue weighted by atomic mass is 79.9. The summed E-state index contributed by atoms with van der Waals surface area (Å²) in [6, 6.07) is 12.9. The topological polar surface area (TPSA) is 69.9 Å². The second kappa shape index (κ2) is 10.3. The molecule has 0 unspecified atom stereocenters. The molecule has 1 aliphatic rings. The summed E-state index contributed by atoms with van der Waals surface area (Å²) in [5.74, 6) is 0.223. The normalized spacial score (nSPS) is 15.7. The summed E-state index contributed by atoms with van der Waals surface area (Å²) >= 11 is 4.81. The van der Waals surface area contributed by atoms with Crippen molar-refractivity contribution in [2.24, 2.45) is 4.99 Å². The van der Waals surface area contributed by atoms with Gasteiger partial charge in [0.1, 0.15) is 5.75 Å². The summed E-state index contributed by atoms with van der Waals surface area (Å²) in [6.07, 6.45) is 1.81. The number of halogens is 1. The summed E-state index contributed by atoms with van der Waals surface area (Å²) in [6.45, 7) is 9.70. The number of rotatable bonds is 6. The lowest BCUT2D eigenvalue weighted by Crippen LogP contribution is -2.39. The predicted octanol–water partition coefficient (Wildman–Crippen LogP) is 4.66. The van der Waals surface area contributed by atoms with Gasteiger partial charge in [0.15, 0.2) is 4.80 Å². The van der Waals surface area contributed by atoms with Gasteiger partial charge in [-0.2, -0.15) is 0 Å². The van der Waals surface area contributed by atoms with Gasteiger partial charge in [-0.15, -0.1) is 0 Å². The van der Waals surface area contributed by atoms with Crippen molar-refractivity contribution in [2.45, 2.75) is 46.8 Å². The highest BCUT2D eigenvalue weighted by Gasteiger charge is 2.33. The number of carbonyl (C=O) groups excluding carboxylic acids is 1. The average Bonchev–Trinajstić information content (AvgIpc) is 3.09. The van der Waals surface area contributed by atoms with Crippen LogP contribution in [0.2, 0.25) is 0 Å². The maximum Gasteiger partial charge on any atom is 0.338 e. The number of fused-ring (bicyclic) bond motifs is 1. The zero-order chi connectivity index (χ0) is 25.3. The molecule has 35 heavy (non-hydrogen) atoms. The van der Waals surface area contributed by atoms with Gasteiger partial charge in [-0.25, -0.2) is 9.79 Å². The molecule has 1 atom stereocenters. The fraction of sp³-hybridized carbons (Fsp3) is 0.296. The quantitative estimate of drug-likeness (QED) is 0.415. The fourth-order valence-electron chi connectivity index (χ4n) is 3.99. The molecule has 6 nitrogen and oxygen atoms in total. The van der Waals surface area contributed by atoms with E-state index in [4.69, 9.17) is 9.47 Å². The van der Waals surface area contributed by atoms with Gasteiger partial charge >= 0.3 is 5.97 Å². The van der Waals surface area contributed by atoms with E-state index < -0.39 is 12.0 Å². The van der Waals surface area contributed by atoms with Crippen LogP contribution in [0.4, 0.5) is 0 Å². The predicted molar refractivity (Wildman–Crippen MR) is 141 cm³/mol. The van der Waals surface area contributed by atoms with E-state index in [-0.39, 0.29) is 18.3 Å². The largest absolute Gasteiger partial charge is 0.490 e. The summed E-state index contributed by atoms with van der Waals surface area (Å²) in [4.78, 5) is 31.9. The molecular weight excluding hydrogens is 528 g/mol. The van der Waals surface area contributed by atoms with Crippen molar-refractivity contribution in [1.82, 2.24) is 4.57 Å². The molecular formula is C27H27BrN2O4S. The molecule has 0 saturated heterocycles. The minimum Gasteiger partial charge on any atom is -0.490 e. The second-order valence-corrected chi connectivity index (χ2v) is 10.5. The monoisotopic (exact) mass is 554 g/mol. The maximum atomic E-state index is 13.8. The zero-order valence-corrected chi connectivity index (χ0v) is 22.7. The number of benzene rings is 2. The van der Waals surface area contributed by atoms with Crippen LogP contribution in [0.25, 0.3) is 6.08 Å². The zero-order valence-electron chi connectivity index (χ0n) is 20.3. The molecule has 1 aromatic heterocycles. The summed E-state index contributed by atoms with van der Waals surface area (Å²) in [5, 5.41) is 0. The van der Waals surface area contributed by atoms with Crippen LogP contribution in [0.1, 0.15) is 50.4 Å². The number of hydrogen-bond donors (Lipinski definition) is 0. The smallest absolute Gasteiger partial charge is 0.338 e. The maximum absolute atomic E-state index is 13.8. The van der Waals surface area contributed by atoms with E-state index in [2.05, 4.69) is 20.9 Å². The van der Waals surface area contributed by atoms with Gasteiger partial charge in [0.2, 0.25) is 0 Å². The lowest BCUT2D eigenvalue weighted by Gasteiger charge is -2.24. The van der Waals surface area contributed by atoms with E-state index >= 15 is 0 Å². The Balaban J connectivity index is 1.95. The summed E-state index contributed by atoms with van der Waals surface area (Å²) in [5.41, 5.74) is 3.41. The Hall–Kier alpha value is -2.97. The van der Waals surface area contributed by atoms with Crippen molar-refractivity contribution >= 4 is 39.3 Å². The summed E-state index contributed by atoms with van der Waals surface area (Å²) in [7, 11) is 0. The molecule has 4 rings (SSSR count). The molecule has 3 aromatic rings. The van der Waals surface area contributed by atoms with E-state index in [9.17, 15) is 9.59 Å². The van der Waals surface area contributed by atoms with Gasteiger partial charge in [0.25, 0.3) is 5.56 Å². The van der Waals surface area contributed by atoms with Gasteiger partial charge in [-0.1, -0.05) is 57.1 Å². The number of hydrogen-bond acceptors (Lipinski definition) is 6. The summed E-state index contributed by atoms with van der Waals surface area (Å²) < 4.78 is 14.3. The minimum atomic E-state index is -0.623. The first kappa shape index (κ1) is 25.1. The van der Waals surface area contributed by atoms with Crippen molar-refractivity contribution in [2.75, 3.05) is 6.61 Å². The Morgan fingerprint density at radius 3 is 2.57 bits per heavy atom. The van der Waals surface area contributed by atoms with Crippen LogP contribution in [0.15, 0.2) is 68.0 Å². The number of thiazole rings is 1. The van der Waals surface area contributed by atoms with Gasteiger partial charge in [-0.05, 0) is 64.5 Å². The van der Waals surface area contributed by atoms with Crippen molar-refractivity contribution in [3.63, 3.8) is 0 Å². The van der Waals surface area contributed by atoms with Crippen LogP contribution in [-0.2, 0) is 9.53 Å². The average molecular weight is 555 g/mol. The second-order valence-electron chi connectivity index (χ2n) is 8.56. The number of esters is 1. The molecule has 0 saturated carbocycles. The first-order chi connectivity index (χ1) is 16.7. The van der Waals surface area contributed by atoms with E-state index in [0.29, 0.717) is 26.4 Å². The van der Waals surface area contributed by atoms with Gasteiger partial charge in [0.05, 0.1) is 34.6 Å². The Labute approximate surface area is 216 Å². The molecule has 8 heteroatoms. The van der Waals surface area contributed by atoms with Crippen molar-refractivity contribution in [3.05, 3.63) is 94.6 Å².